The third-order valence-corrected chi connectivity index (χ3v) is 6.15. The molecule has 1 aliphatic heterocycles. The van der Waals surface area contributed by atoms with Crippen LogP contribution in [0.25, 0.3) is 0 Å². The quantitative estimate of drug-likeness (QED) is 0.377. The van der Waals surface area contributed by atoms with Crippen molar-refractivity contribution in [2.75, 3.05) is 46.7 Å². The van der Waals surface area contributed by atoms with Gasteiger partial charge in [-0.2, -0.15) is 0 Å². The van der Waals surface area contributed by atoms with Gasteiger partial charge in [-0.05, 0) is 68.2 Å². The van der Waals surface area contributed by atoms with Crippen molar-refractivity contribution in [2.24, 2.45) is 4.99 Å². The van der Waals surface area contributed by atoms with Gasteiger partial charge >= 0.3 is 5.97 Å². The molecule has 0 aliphatic carbocycles. The molecular weight excluding hydrogens is 470 g/mol. The fourth-order valence-electron chi connectivity index (χ4n) is 4.09. The minimum Gasteiger partial charge on any atom is -0.465 e. The second kappa shape index (κ2) is 11.1. The maximum absolute atomic E-state index is 13.1. The zero-order valence-corrected chi connectivity index (χ0v) is 21.3. The standard InChI is InChI=1S/C28H29N5O4/c1-32(2)15-16-33(3)27(35)19-5-8-21(9-6-19)30-25(18-11-13-29-14-12-18)24-22-10-7-20(28(36)37-4)17-23(22)31-26(24)34/h5-14,17,24H,15-16H2,1-4H3,(H,31,34). The number of nitrogens with one attached hydrogen (secondary N) is 1. The van der Waals surface area contributed by atoms with Crippen molar-refractivity contribution < 1.29 is 19.1 Å². The van der Waals surface area contributed by atoms with E-state index in [-0.39, 0.29) is 11.8 Å². The van der Waals surface area contributed by atoms with E-state index in [2.05, 4.69) is 10.3 Å². The van der Waals surface area contributed by atoms with Crippen LogP contribution in [0.1, 0.15) is 37.8 Å². The molecule has 0 saturated carbocycles. The number of pyridine rings is 1. The third-order valence-electron chi connectivity index (χ3n) is 6.15. The summed E-state index contributed by atoms with van der Waals surface area (Å²) in [7, 11) is 7.02. The lowest BCUT2D eigenvalue weighted by molar-refractivity contribution is -0.115. The first-order valence-electron chi connectivity index (χ1n) is 11.8. The summed E-state index contributed by atoms with van der Waals surface area (Å²) in [5.74, 6) is -1.49. The van der Waals surface area contributed by atoms with Crippen molar-refractivity contribution in [1.82, 2.24) is 14.8 Å². The van der Waals surface area contributed by atoms with E-state index in [9.17, 15) is 14.4 Å². The van der Waals surface area contributed by atoms with Gasteiger partial charge in [0.2, 0.25) is 5.91 Å². The second-order valence-electron chi connectivity index (χ2n) is 9.03. The van der Waals surface area contributed by atoms with Crippen molar-refractivity contribution in [3.05, 3.63) is 89.2 Å². The van der Waals surface area contributed by atoms with Crippen LogP contribution in [0.2, 0.25) is 0 Å². The first-order valence-corrected chi connectivity index (χ1v) is 11.8. The van der Waals surface area contributed by atoms with Gasteiger partial charge in [-0.3, -0.25) is 19.6 Å². The van der Waals surface area contributed by atoms with E-state index in [1.54, 1.807) is 78.9 Å². The molecule has 1 unspecified atom stereocenters. The number of nitrogens with zero attached hydrogens (tertiary/aromatic N) is 4. The monoisotopic (exact) mass is 499 g/mol. The molecule has 9 nitrogen and oxygen atoms in total. The highest BCUT2D eigenvalue weighted by Crippen LogP contribution is 2.37. The molecule has 4 rings (SSSR count). The maximum atomic E-state index is 13.1. The van der Waals surface area contributed by atoms with E-state index >= 15 is 0 Å². The van der Waals surface area contributed by atoms with Crippen molar-refractivity contribution in [3.8, 4) is 0 Å². The number of esters is 1. The molecule has 3 aromatic rings. The van der Waals surface area contributed by atoms with Gasteiger partial charge in [-0.1, -0.05) is 6.07 Å². The first-order chi connectivity index (χ1) is 17.8. The van der Waals surface area contributed by atoms with E-state index in [0.29, 0.717) is 40.3 Å². The Labute approximate surface area is 215 Å². The van der Waals surface area contributed by atoms with Gasteiger partial charge in [-0.15, -0.1) is 0 Å². The fourth-order valence-corrected chi connectivity index (χ4v) is 4.09. The van der Waals surface area contributed by atoms with Crippen LogP contribution in [0, 0.1) is 0 Å². The molecule has 2 heterocycles. The summed E-state index contributed by atoms with van der Waals surface area (Å²) in [6.45, 7) is 1.39. The minimum atomic E-state index is -0.692. The summed E-state index contributed by atoms with van der Waals surface area (Å²) in [5, 5.41) is 2.86. The molecule has 1 aliphatic rings. The Morgan fingerprint density at radius 2 is 1.62 bits per heavy atom. The Kier molecular flexibility index (Phi) is 7.74. The van der Waals surface area contributed by atoms with Crippen molar-refractivity contribution >= 4 is 34.9 Å². The van der Waals surface area contributed by atoms with Gasteiger partial charge in [0.25, 0.3) is 5.91 Å². The number of likely N-dealkylation sites (N-methyl/N-ethyl adjacent to an activating group) is 2. The number of amides is 2. The molecule has 2 aromatic carbocycles. The second-order valence-corrected chi connectivity index (χ2v) is 9.03. The molecule has 1 N–H and O–H groups in total. The summed E-state index contributed by atoms with van der Waals surface area (Å²) in [5.41, 5.74) is 4.04. The van der Waals surface area contributed by atoms with Crippen molar-refractivity contribution in [2.45, 2.75) is 5.92 Å². The Bertz CT molecular complexity index is 1340. The van der Waals surface area contributed by atoms with Crippen LogP contribution in [0.5, 0.6) is 0 Å². The molecular formula is C28H29N5O4. The van der Waals surface area contributed by atoms with Gasteiger partial charge in [0.1, 0.15) is 5.92 Å². The van der Waals surface area contributed by atoms with Crippen LogP contribution >= 0.6 is 0 Å². The zero-order valence-electron chi connectivity index (χ0n) is 21.3. The number of aliphatic imine (C=N–C) groups is 1. The largest absolute Gasteiger partial charge is 0.465 e. The van der Waals surface area contributed by atoms with Gasteiger partial charge in [0.15, 0.2) is 0 Å². The number of rotatable bonds is 8. The first kappa shape index (κ1) is 25.7. The summed E-state index contributed by atoms with van der Waals surface area (Å²) in [6.07, 6.45) is 3.29. The van der Waals surface area contributed by atoms with Gasteiger partial charge in [0, 0.05) is 49.3 Å². The van der Waals surface area contributed by atoms with E-state index in [0.717, 1.165) is 12.1 Å². The predicted octanol–water partition coefficient (Wildman–Crippen LogP) is 3.36. The smallest absolute Gasteiger partial charge is 0.337 e. The lowest BCUT2D eigenvalue weighted by Gasteiger charge is -2.19. The van der Waals surface area contributed by atoms with E-state index in [4.69, 9.17) is 9.73 Å². The number of methoxy groups -OCH3 is 1. The Morgan fingerprint density at radius 1 is 0.946 bits per heavy atom. The summed E-state index contributed by atoms with van der Waals surface area (Å²) in [6, 6.07) is 15.6. The number of aromatic nitrogens is 1. The number of carbonyl (C=O) groups is 3. The molecule has 2 amide bonds. The van der Waals surface area contributed by atoms with Crippen LogP contribution in [0.4, 0.5) is 11.4 Å². The van der Waals surface area contributed by atoms with Crippen LogP contribution in [0.3, 0.4) is 0 Å². The molecule has 190 valence electrons. The Balaban J connectivity index is 1.67. The van der Waals surface area contributed by atoms with Gasteiger partial charge in [-0.25, -0.2) is 4.79 Å². The third kappa shape index (κ3) is 5.73. The summed E-state index contributed by atoms with van der Waals surface area (Å²) in [4.78, 5) is 50.5. The lowest BCUT2D eigenvalue weighted by atomic mass is 9.90. The van der Waals surface area contributed by atoms with E-state index in [1.807, 2.05) is 19.0 Å². The molecule has 9 heteroatoms. The average Bonchev–Trinajstić information content (AvgIpc) is 3.24. The molecule has 0 saturated heterocycles. The van der Waals surface area contributed by atoms with E-state index in [1.165, 1.54) is 7.11 Å². The molecule has 0 radical (unpaired) electrons. The average molecular weight is 500 g/mol. The maximum Gasteiger partial charge on any atom is 0.337 e. The molecule has 37 heavy (non-hydrogen) atoms. The Hall–Kier alpha value is -4.37. The highest BCUT2D eigenvalue weighted by molar-refractivity contribution is 6.24. The van der Waals surface area contributed by atoms with Crippen LogP contribution < -0.4 is 5.32 Å². The van der Waals surface area contributed by atoms with Gasteiger partial charge < -0.3 is 19.9 Å². The number of ether oxygens (including phenoxy) is 1. The molecule has 0 bridgehead atoms. The van der Waals surface area contributed by atoms with Crippen LogP contribution in [-0.4, -0.2) is 79.6 Å². The summed E-state index contributed by atoms with van der Waals surface area (Å²) < 4.78 is 4.80. The Morgan fingerprint density at radius 3 is 2.27 bits per heavy atom. The van der Waals surface area contributed by atoms with Crippen LogP contribution in [0.15, 0.2) is 72.0 Å². The highest BCUT2D eigenvalue weighted by Gasteiger charge is 2.36. The molecule has 0 spiro atoms. The SMILES string of the molecule is COC(=O)c1ccc2c(c1)NC(=O)C2C(=Nc1ccc(C(=O)N(C)CCN(C)C)cc1)c1ccncc1. The molecule has 0 fully saturated rings. The fraction of sp³-hybridized carbons (Fsp3) is 0.250. The topological polar surface area (TPSA) is 104 Å². The molecule has 1 aromatic heterocycles. The summed E-state index contributed by atoms with van der Waals surface area (Å²) >= 11 is 0. The zero-order chi connectivity index (χ0) is 26.5. The number of anilines is 1. The van der Waals surface area contributed by atoms with Crippen molar-refractivity contribution in [3.63, 3.8) is 0 Å². The normalized spacial score (nSPS) is 14.8. The number of hydrogen-bond acceptors (Lipinski definition) is 7. The number of fused-ring (bicyclic) bond motifs is 1. The van der Waals surface area contributed by atoms with Gasteiger partial charge in [0.05, 0.1) is 24.1 Å². The van der Waals surface area contributed by atoms with Crippen molar-refractivity contribution in [1.29, 1.82) is 0 Å². The van der Waals surface area contributed by atoms with Crippen LogP contribution in [-0.2, 0) is 9.53 Å². The van der Waals surface area contributed by atoms with E-state index < -0.39 is 11.9 Å². The predicted molar refractivity (Wildman–Crippen MR) is 142 cm³/mol. The highest BCUT2D eigenvalue weighted by atomic mass is 16.5. The minimum absolute atomic E-state index is 0.0720. The number of carbonyl (C=O) groups excluding carboxylic acids is 3. The molecule has 1 atom stereocenters. The lowest BCUT2D eigenvalue weighted by Crippen LogP contribution is -2.33. The number of hydrogen-bond donors (Lipinski definition) is 1. The number of benzene rings is 2.